The lowest BCUT2D eigenvalue weighted by Gasteiger charge is -2.08. The molecule has 0 saturated carbocycles. The van der Waals surface area contributed by atoms with Crippen molar-refractivity contribution in [3.8, 4) is 11.4 Å². The summed E-state index contributed by atoms with van der Waals surface area (Å²) in [6.07, 6.45) is 3.55. The minimum atomic E-state index is 0.442. The van der Waals surface area contributed by atoms with Crippen LogP contribution in [0.1, 0.15) is 11.1 Å². The number of nitrogens with zero attached hydrogens (tertiary/aromatic N) is 3. The summed E-state index contributed by atoms with van der Waals surface area (Å²) in [5.41, 5.74) is 11.2. The Morgan fingerprint density at radius 1 is 1.29 bits per heavy atom. The minimum Gasteiger partial charge on any atom is -0.392 e. The molecule has 5 heteroatoms. The van der Waals surface area contributed by atoms with Crippen LogP contribution in [0.4, 0.5) is 0 Å². The van der Waals surface area contributed by atoms with Gasteiger partial charge < -0.3 is 10.3 Å². The van der Waals surface area contributed by atoms with E-state index in [1.165, 1.54) is 11.1 Å². The van der Waals surface area contributed by atoms with E-state index in [0.717, 1.165) is 22.4 Å². The molecule has 0 radical (unpaired) electrons. The van der Waals surface area contributed by atoms with E-state index in [1.807, 2.05) is 12.1 Å². The first-order chi connectivity index (χ1) is 10.1. The van der Waals surface area contributed by atoms with E-state index in [9.17, 15) is 0 Å². The summed E-state index contributed by atoms with van der Waals surface area (Å²) < 4.78 is 2.06. The van der Waals surface area contributed by atoms with Crippen molar-refractivity contribution in [3.05, 3.63) is 47.8 Å². The number of thiocarbonyl (C=S) groups is 1. The van der Waals surface area contributed by atoms with Crippen molar-refractivity contribution in [1.82, 2.24) is 14.5 Å². The molecule has 1 aromatic carbocycles. The molecule has 0 atom stereocenters. The maximum absolute atomic E-state index is 5.76. The first kappa shape index (κ1) is 13.7. The van der Waals surface area contributed by atoms with Gasteiger partial charge >= 0.3 is 0 Å². The topological polar surface area (TPSA) is 56.7 Å². The van der Waals surface area contributed by atoms with E-state index in [2.05, 4.69) is 35.5 Å². The summed E-state index contributed by atoms with van der Waals surface area (Å²) in [4.78, 5) is 9.36. The average molecular weight is 296 g/mol. The second kappa shape index (κ2) is 5.26. The van der Waals surface area contributed by atoms with Crippen LogP contribution in [0, 0.1) is 13.8 Å². The van der Waals surface area contributed by atoms with Gasteiger partial charge in [-0.25, -0.2) is 4.98 Å². The number of imidazole rings is 1. The van der Waals surface area contributed by atoms with Gasteiger partial charge in [0.15, 0.2) is 0 Å². The van der Waals surface area contributed by atoms with E-state index in [0.29, 0.717) is 11.5 Å². The zero-order chi connectivity index (χ0) is 15.0. The van der Waals surface area contributed by atoms with E-state index >= 15 is 0 Å². The van der Waals surface area contributed by atoms with Gasteiger partial charge in [0.2, 0.25) is 0 Å². The maximum Gasteiger partial charge on any atom is 0.143 e. The fraction of sp³-hybridized carbons (Fsp3) is 0.188. The Hall–Kier alpha value is -2.27. The van der Waals surface area contributed by atoms with Gasteiger partial charge in [0.25, 0.3) is 0 Å². The number of rotatable bonds is 3. The highest BCUT2D eigenvalue weighted by atomic mass is 32.1. The number of fused-ring (bicyclic) bond motifs is 1. The molecule has 21 heavy (non-hydrogen) atoms. The highest BCUT2D eigenvalue weighted by Crippen LogP contribution is 2.26. The van der Waals surface area contributed by atoms with E-state index in [4.69, 9.17) is 22.9 Å². The molecule has 0 aliphatic heterocycles. The van der Waals surface area contributed by atoms with Crippen LogP contribution in [0.3, 0.4) is 0 Å². The molecule has 0 amide bonds. The number of hydrogen-bond acceptors (Lipinski definition) is 3. The zero-order valence-electron chi connectivity index (χ0n) is 12.0. The fourth-order valence-electron chi connectivity index (χ4n) is 2.41. The van der Waals surface area contributed by atoms with Crippen molar-refractivity contribution >= 4 is 28.2 Å². The summed E-state index contributed by atoms with van der Waals surface area (Å²) in [6.45, 7) is 4.65. The predicted molar refractivity (Wildman–Crippen MR) is 89.2 cm³/mol. The van der Waals surface area contributed by atoms with Crippen molar-refractivity contribution in [3.63, 3.8) is 0 Å². The van der Waals surface area contributed by atoms with Gasteiger partial charge in [0.1, 0.15) is 5.82 Å². The number of aryl methyl sites for hydroxylation is 2. The first-order valence-electron chi connectivity index (χ1n) is 6.72. The minimum absolute atomic E-state index is 0.442. The van der Waals surface area contributed by atoms with Crippen LogP contribution in [0.25, 0.3) is 22.4 Å². The van der Waals surface area contributed by atoms with Crippen molar-refractivity contribution in [2.45, 2.75) is 20.4 Å². The molecule has 0 saturated heterocycles. The molecule has 2 N–H and O–H groups in total. The third-order valence-electron chi connectivity index (χ3n) is 3.60. The molecule has 3 aromatic rings. The number of aromatic nitrogens is 3. The van der Waals surface area contributed by atoms with Crippen LogP contribution in [0.15, 0.2) is 36.7 Å². The van der Waals surface area contributed by atoms with Gasteiger partial charge in [-0.2, -0.15) is 0 Å². The monoisotopic (exact) mass is 296 g/mol. The van der Waals surface area contributed by atoms with Crippen LogP contribution < -0.4 is 5.73 Å². The predicted octanol–water partition coefficient (Wildman–Crippen LogP) is 3.00. The van der Waals surface area contributed by atoms with Gasteiger partial charge in [0, 0.05) is 18.0 Å². The second-order valence-electron chi connectivity index (χ2n) is 5.15. The highest BCUT2D eigenvalue weighted by Gasteiger charge is 2.14. The lowest BCUT2D eigenvalue weighted by molar-refractivity contribution is 0.894. The highest BCUT2D eigenvalue weighted by molar-refractivity contribution is 7.80. The molecule has 2 heterocycles. The Labute approximate surface area is 128 Å². The molecule has 0 fully saturated rings. The number of hydrogen-bond donors (Lipinski definition) is 1. The molecule has 0 aliphatic carbocycles. The Morgan fingerprint density at radius 2 is 2.05 bits per heavy atom. The molecule has 0 spiro atoms. The summed E-state index contributed by atoms with van der Waals surface area (Å²) in [7, 11) is 0. The van der Waals surface area contributed by atoms with Gasteiger partial charge in [-0.1, -0.05) is 12.2 Å². The molecule has 3 rings (SSSR count). The zero-order valence-corrected chi connectivity index (χ0v) is 12.8. The number of pyridine rings is 1. The largest absolute Gasteiger partial charge is 0.392 e. The van der Waals surface area contributed by atoms with E-state index < -0.39 is 0 Å². The molecular weight excluding hydrogens is 280 g/mol. The Kier molecular flexibility index (Phi) is 3.43. The normalized spacial score (nSPS) is 11.0. The lowest BCUT2D eigenvalue weighted by atomic mass is 10.1. The van der Waals surface area contributed by atoms with E-state index in [1.54, 1.807) is 12.4 Å². The first-order valence-corrected chi connectivity index (χ1v) is 7.13. The quantitative estimate of drug-likeness (QED) is 0.755. The Balaban J connectivity index is 2.30. The summed E-state index contributed by atoms with van der Waals surface area (Å²) >= 11 is 5.09. The van der Waals surface area contributed by atoms with Crippen LogP contribution >= 0.6 is 12.2 Å². The summed E-state index contributed by atoms with van der Waals surface area (Å²) in [5, 5.41) is 0. The van der Waals surface area contributed by atoms with Crippen molar-refractivity contribution in [2.24, 2.45) is 5.73 Å². The third-order valence-corrected chi connectivity index (χ3v) is 3.73. The molecule has 106 valence electrons. The van der Waals surface area contributed by atoms with Gasteiger partial charge in [0.05, 0.1) is 22.6 Å². The summed E-state index contributed by atoms with van der Waals surface area (Å²) in [6, 6.07) is 8.12. The Bertz CT molecular complexity index is 821. The number of nitrogens with two attached hydrogens (primary N) is 1. The molecular formula is C16H16N4S. The molecule has 0 unspecified atom stereocenters. The molecule has 2 aromatic heterocycles. The fourth-order valence-corrected chi connectivity index (χ4v) is 2.54. The van der Waals surface area contributed by atoms with Crippen molar-refractivity contribution < 1.29 is 0 Å². The van der Waals surface area contributed by atoms with Gasteiger partial charge in [-0.05, 0) is 49.2 Å². The molecule has 0 aliphatic rings. The lowest BCUT2D eigenvalue weighted by Crippen LogP contribution is -2.17. The average Bonchev–Trinajstić information content (AvgIpc) is 2.78. The second-order valence-corrected chi connectivity index (χ2v) is 5.68. The smallest absolute Gasteiger partial charge is 0.143 e. The van der Waals surface area contributed by atoms with Crippen LogP contribution in [-0.4, -0.2) is 19.5 Å². The summed E-state index contributed by atoms with van der Waals surface area (Å²) in [5.74, 6) is 0.843. The molecule has 4 nitrogen and oxygen atoms in total. The van der Waals surface area contributed by atoms with Gasteiger partial charge in [-0.3, -0.25) is 4.98 Å². The van der Waals surface area contributed by atoms with Crippen LogP contribution in [0.2, 0.25) is 0 Å². The van der Waals surface area contributed by atoms with Crippen molar-refractivity contribution in [2.75, 3.05) is 0 Å². The van der Waals surface area contributed by atoms with Crippen LogP contribution in [-0.2, 0) is 6.54 Å². The van der Waals surface area contributed by atoms with Gasteiger partial charge in [-0.15, -0.1) is 0 Å². The van der Waals surface area contributed by atoms with Crippen molar-refractivity contribution in [1.29, 1.82) is 0 Å². The Morgan fingerprint density at radius 3 is 2.71 bits per heavy atom. The SMILES string of the molecule is Cc1cc2nc(-c3cccnc3)n(CC(N)=S)c2cc1C. The van der Waals surface area contributed by atoms with Crippen LogP contribution in [0.5, 0.6) is 0 Å². The van der Waals surface area contributed by atoms with E-state index in [-0.39, 0.29) is 0 Å². The third kappa shape index (κ3) is 2.52. The standard InChI is InChI=1S/C16H16N4S/c1-10-6-13-14(7-11(10)2)20(9-15(17)21)16(19-13)12-4-3-5-18-8-12/h3-8H,9H2,1-2H3,(H2,17,21). The molecule has 0 bridgehead atoms. The number of benzene rings is 1. The maximum atomic E-state index is 5.76.